The van der Waals surface area contributed by atoms with E-state index in [1.54, 1.807) is 0 Å². The third kappa shape index (κ3) is 4.09. The molecule has 1 aromatic carbocycles. The lowest BCUT2D eigenvalue weighted by Crippen LogP contribution is -2.23. The molecule has 116 valence electrons. The molecule has 0 aliphatic heterocycles. The standard InChI is InChI=1S/C17H19N3O.CH4/c1-19(14-15-7-3-2-4-8-15)11-12-21-17-13-16-9-5-6-10-20(16)18-17;/h2-10,13H,11-12,14H2,1H3;1H4. The van der Waals surface area contributed by atoms with Gasteiger partial charge in [0.2, 0.25) is 5.88 Å². The first kappa shape index (κ1) is 16.0. The molecule has 0 saturated carbocycles. The maximum Gasteiger partial charge on any atom is 0.233 e. The normalized spacial score (nSPS) is 10.6. The van der Waals surface area contributed by atoms with Gasteiger partial charge in [0, 0.05) is 25.4 Å². The molecule has 0 aliphatic rings. The zero-order valence-corrected chi connectivity index (χ0v) is 12.1. The van der Waals surface area contributed by atoms with Crippen molar-refractivity contribution in [2.75, 3.05) is 20.2 Å². The predicted octanol–water partition coefficient (Wildman–Crippen LogP) is 3.48. The van der Waals surface area contributed by atoms with Crippen molar-refractivity contribution in [3.8, 4) is 5.88 Å². The number of hydrogen-bond acceptors (Lipinski definition) is 3. The van der Waals surface area contributed by atoms with Crippen LogP contribution in [0.3, 0.4) is 0 Å². The number of pyridine rings is 1. The van der Waals surface area contributed by atoms with Gasteiger partial charge < -0.3 is 4.74 Å². The number of ether oxygens (including phenoxy) is 1. The van der Waals surface area contributed by atoms with Crippen LogP contribution in [-0.2, 0) is 6.54 Å². The minimum atomic E-state index is 0. The first-order valence-electron chi connectivity index (χ1n) is 7.11. The molecule has 0 N–H and O–H groups in total. The van der Waals surface area contributed by atoms with Crippen LogP contribution in [0.1, 0.15) is 13.0 Å². The molecule has 0 amide bonds. The number of nitrogens with zero attached hydrogens (tertiary/aromatic N) is 3. The van der Waals surface area contributed by atoms with Gasteiger partial charge in [-0.1, -0.05) is 43.8 Å². The summed E-state index contributed by atoms with van der Waals surface area (Å²) in [6, 6.07) is 18.4. The maximum atomic E-state index is 5.73. The summed E-state index contributed by atoms with van der Waals surface area (Å²) < 4.78 is 7.55. The fraction of sp³-hybridized carbons (Fsp3) is 0.278. The largest absolute Gasteiger partial charge is 0.475 e. The smallest absolute Gasteiger partial charge is 0.233 e. The summed E-state index contributed by atoms with van der Waals surface area (Å²) in [5.41, 5.74) is 2.36. The van der Waals surface area contributed by atoms with Gasteiger partial charge in [-0.3, -0.25) is 4.90 Å². The van der Waals surface area contributed by atoms with Crippen molar-refractivity contribution in [3.05, 3.63) is 66.4 Å². The Balaban J connectivity index is 0.00000176. The summed E-state index contributed by atoms with van der Waals surface area (Å²) in [6.07, 6.45) is 1.92. The molecule has 2 aromatic heterocycles. The minimum absolute atomic E-state index is 0. The van der Waals surface area contributed by atoms with Crippen molar-refractivity contribution >= 4 is 5.52 Å². The highest BCUT2D eigenvalue weighted by Crippen LogP contribution is 2.12. The Morgan fingerprint density at radius 2 is 1.86 bits per heavy atom. The van der Waals surface area contributed by atoms with Crippen molar-refractivity contribution in [1.29, 1.82) is 0 Å². The summed E-state index contributed by atoms with van der Waals surface area (Å²) in [5.74, 6) is 0.675. The summed E-state index contributed by atoms with van der Waals surface area (Å²) in [4.78, 5) is 2.24. The maximum absolute atomic E-state index is 5.73. The Kier molecular flexibility index (Phi) is 5.55. The first-order chi connectivity index (χ1) is 10.3. The Morgan fingerprint density at radius 1 is 1.09 bits per heavy atom. The van der Waals surface area contributed by atoms with Gasteiger partial charge in [0.15, 0.2) is 0 Å². The third-order valence-corrected chi connectivity index (χ3v) is 3.37. The van der Waals surface area contributed by atoms with E-state index in [4.69, 9.17) is 4.74 Å². The molecule has 0 saturated heterocycles. The second-order valence-corrected chi connectivity index (χ2v) is 5.12. The van der Waals surface area contributed by atoms with E-state index in [1.807, 2.05) is 41.0 Å². The molecule has 0 unspecified atom stereocenters. The lowest BCUT2D eigenvalue weighted by Gasteiger charge is -2.16. The van der Waals surface area contributed by atoms with E-state index in [9.17, 15) is 0 Å². The number of fused-ring (bicyclic) bond motifs is 1. The third-order valence-electron chi connectivity index (χ3n) is 3.37. The van der Waals surface area contributed by atoms with Gasteiger partial charge in [0.05, 0.1) is 5.52 Å². The van der Waals surface area contributed by atoms with Crippen LogP contribution < -0.4 is 4.74 Å². The minimum Gasteiger partial charge on any atom is -0.475 e. The second kappa shape index (κ2) is 7.61. The zero-order chi connectivity index (χ0) is 14.5. The molecule has 0 spiro atoms. The molecule has 0 aliphatic carbocycles. The van der Waals surface area contributed by atoms with Gasteiger partial charge in [0.25, 0.3) is 0 Å². The van der Waals surface area contributed by atoms with Crippen LogP contribution in [0.15, 0.2) is 60.8 Å². The van der Waals surface area contributed by atoms with Crippen molar-refractivity contribution in [3.63, 3.8) is 0 Å². The Bertz CT molecular complexity index is 661. The van der Waals surface area contributed by atoms with E-state index < -0.39 is 0 Å². The predicted molar refractivity (Wildman–Crippen MR) is 90.2 cm³/mol. The Morgan fingerprint density at radius 3 is 2.64 bits per heavy atom. The van der Waals surface area contributed by atoms with E-state index in [0.717, 1.165) is 18.6 Å². The second-order valence-electron chi connectivity index (χ2n) is 5.12. The molecule has 0 bridgehead atoms. The molecule has 4 heteroatoms. The lowest BCUT2D eigenvalue weighted by atomic mass is 10.2. The molecule has 0 radical (unpaired) electrons. The molecule has 4 nitrogen and oxygen atoms in total. The highest BCUT2D eigenvalue weighted by molar-refractivity contribution is 5.48. The molecule has 0 atom stereocenters. The van der Waals surface area contributed by atoms with Crippen LogP contribution >= 0.6 is 0 Å². The summed E-state index contributed by atoms with van der Waals surface area (Å²) >= 11 is 0. The summed E-state index contributed by atoms with van der Waals surface area (Å²) in [5, 5.41) is 4.37. The van der Waals surface area contributed by atoms with Gasteiger partial charge in [-0.15, -0.1) is 5.10 Å². The van der Waals surface area contributed by atoms with Gasteiger partial charge in [-0.05, 0) is 24.7 Å². The highest BCUT2D eigenvalue weighted by atomic mass is 16.5. The number of likely N-dealkylation sites (N-methyl/N-ethyl adjacent to an activating group) is 1. The summed E-state index contributed by atoms with van der Waals surface area (Å²) in [7, 11) is 2.10. The SMILES string of the molecule is C.CN(CCOc1cc2ccccn2n1)Cc1ccccc1. The van der Waals surface area contributed by atoms with Crippen LogP contribution in [0, 0.1) is 0 Å². The highest BCUT2D eigenvalue weighted by Gasteiger charge is 2.03. The van der Waals surface area contributed by atoms with Crippen molar-refractivity contribution < 1.29 is 4.74 Å². The molecule has 22 heavy (non-hydrogen) atoms. The zero-order valence-electron chi connectivity index (χ0n) is 12.1. The van der Waals surface area contributed by atoms with Crippen LogP contribution in [0.4, 0.5) is 0 Å². The summed E-state index contributed by atoms with van der Waals surface area (Å²) in [6.45, 7) is 2.42. The fourth-order valence-corrected chi connectivity index (χ4v) is 2.27. The van der Waals surface area contributed by atoms with Crippen LogP contribution in [0.5, 0.6) is 5.88 Å². The fourth-order valence-electron chi connectivity index (χ4n) is 2.27. The number of benzene rings is 1. The van der Waals surface area contributed by atoms with Crippen molar-refractivity contribution in [1.82, 2.24) is 14.5 Å². The van der Waals surface area contributed by atoms with E-state index in [2.05, 4.69) is 41.3 Å². The van der Waals surface area contributed by atoms with Crippen LogP contribution in [0.2, 0.25) is 0 Å². The van der Waals surface area contributed by atoms with E-state index >= 15 is 0 Å². The van der Waals surface area contributed by atoms with Gasteiger partial charge in [-0.25, -0.2) is 4.52 Å². The number of hydrogen-bond donors (Lipinski definition) is 0. The topological polar surface area (TPSA) is 29.8 Å². The number of aromatic nitrogens is 2. The Labute approximate surface area is 131 Å². The lowest BCUT2D eigenvalue weighted by molar-refractivity contribution is 0.227. The van der Waals surface area contributed by atoms with E-state index in [1.165, 1.54) is 5.56 Å². The average molecular weight is 297 g/mol. The quantitative estimate of drug-likeness (QED) is 0.697. The van der Waals surface area contributed by atoms with Crippen molar-refractivity contribution in [2.45, 2.75) is 14.0 Å². The monoisotopic (exact) mass is 297 g/mol. The molecule has 0 fully saturated rings. The van der Waals surface area contributed by atoms with Gasteiger partial charge >= 0.3 is 0 Å². The molecule has 3 aromatic rings. The molecule has 2 heterocycles. The number of rotatable bonds is 6. The van der Waals surface area contributed by atoms with E-state index in [0.29, 0.717) is 12.5 Å². The molecule has 3 rings (SSSR count). The van der Waals surface area contributed by atoms with Gasteiger partial charge in [-0.2, -0.15) is 0 Å². The molecular weight excluding hydrogens is 274 g/mol. The first-order valence-corrected chi connectivity index (χ1v) is 7.11. The van der Waals surface area contributed by atoms with Crippen molar-refractivity contribution in [2.24, 2.45) is 0 Å². The Hall–Kier alpha value is -2.33. The van der Waals surface area contributed by atoms with E-state index in [-0.39, 0.29) is 7.43 Å². The average Bonchev–Trinajstić information content (AvgIpc) is 2.91. The molecular formula is C18H23N3O. The van der Waals surface area contributed by atoms with Crippen LogP contribution in [0.25, 0.3) is 5.52 Å². The van der Waals surface area contributed by atoms with Gasteiger partial charge in [0.1, 0.15) is 6.61 Å². The van der Waals surface area contributed by atoms with Crippen LogP contribution in [-0.4, -0.2) is 34.7 Å².